The van der Waals surface area contributed by atoms with Crippen molar-refractivity contribution in [2.24, 2.45) is 0 Å². The molecule has 0 heteroatoms. The molecule has 0 atom stereocenters. The van der Waals surface area contributed by atoms with E-state index in [-0.39, 0.29) is 21.7 Å². The summed E-state index contributed by atoms with van der Waals surface area (Å²) in [5.41, 5.74) is 5.84. The maximum absolute atomic E-state index is 2.51. The highest BCUT2D eigenvalue weighted by Crippen LogP contribution is 2.48. The summed E-state index contributed by atoms with van der Waals surface area (Å²) in [5.74, 6) is 0. The highest BCUT2D eigenvalue weighted by Gasteiger charge is 2.25. The van der Waals surface area contributed by atoms with Crippen LogP contribution in [-0.4, -0.2) is 0 Å². The summed E-state index contributed by atoms with van der Waals surface area (Å²) in [6, 6.07) is 34.5. The van der Waals surface area contributed by atoms with Gasteiger partial charge in [-0.3, -0.25) is 0 Å². The number of hydrogen-bond donors (Lipinski definition) is 0. The highest BCUT2D eigenvalue weighted by atomic mass is 14.3. The fourth-order valence-electron chi connectivity index (χ4n) is 8.67. The Bertz CT molecular complexity index is 2860. The monoisotopic (exact) mass is 650 g/mol. The molecule has 250 valence electrons. The number of rotatable bonds is 0. The van der Waals surface area contributed by atoms with Crippen molar-refractivity contribution in [1.82, 2.24) is 0 Å². The lowest BCUT2D eigenvalue weighted by atomic mass is 9.82. The minimum absolute atomic E-state index is 0.0416. The summed E-state index contributed by atoms with van der Waals surface area (Å²) < 4.78 is 0. The first kappa shape index (κ1) is 31.6. The fraction of sp³-hybridized carbons (Fsp3) is 0.320. The molecule has 9 aromatic rings. The van der Waals surface area contributed by atoms with Crippen LogP contribution in [0.4, 0.5) is 0 Å². The van der Waals surface area contributed by atoms with Crippen LogP contribution in [0.2, 0.25) is 0 Å². The molecule has 0 aromatic heterocycles. The van der Waals surface area contributed by atoms with Crippen LogP contribution in [-0.2, 0) is 21.7 Å². The highest BCUT2D eigenvalue weighted by molar-refractivity contribution is 6.37. The summed E-state index contributed by atoms with van der Waals surface area (Å²) in [4.78, 5) is 0. The van der Waals surface area contributed by atoms with Gasteiger partial charge in [-0.05, 0) is 185 Å². The fourth-order valence-corrected chi connectivity index (χ4v) is 8.67. The average Bonchev–Trinajstić information content (AvgIpc) is 3.49. The molecule has 0 nitrogen and oxygen atoms in total. The quantitative estimate of drug-likeness (QED) is 0.143. The number of fused-ring (bicyclic) bond motifs is 9. The van der Waals surface area contributed by atoms with E-state index in [2.05, 4.69) is 168 Å². The van der Waals surface area contributed by atoms with E-state index in [1.807, 2.05) is 0 Å². The third kappa shape index (κ3) is 4.50. The van der Waals surface area contributed by atoms with Crippen molar-refractivity contribution in [3.05, 3.63) is 107 Å². The molecule has 0 aliphatic carbocycles. The molecule has 0 saturated carbocycles. The van der Waals surface area contributed by atoms with Gasteiger partial charge >= 0.3 is 0 Å². The molecule has 9 rings (SSSR count). The lowest BCUT2D eigenvalue weighted by Crippen LogP contribution is -2.12. The van der Waals surface area contributed by atoms with Crippen molar-refractivity contribution in [3.8, 4) is 0 Å². The molecule has 9 aromatic carbocycles. The molecular weight excluding hydrogens is 601 g/mol. The molecule has 0 amide bonds. The van der Waals surface area contributed by atoms with E-state index in [0.717, 1.165) is 0 Å². The molecule has 0 fully saturated rings. The lowest BCUT2D eigenvalue weighted by molar-refractivity contribution is 0.590. The van der Waals surface area contributed by atoms with Crippen LogP contribution in [0, 0.1) is 0 Å². The smallest absolute Gasteiger partial charge is 0.00197 e. The van der Waals surface area contributed by atoms with Crippen LogP contribution in [0.1, 0.15) is 105 Å². The topological polar surface area (TPSA) is 0 Å². The first-order valence-corrected chi connectivity index (χ1v) is 18.6. The van der Waals surface area contributed by atoms with E-state index >= 15 is 0 Å². The van der Waals surface area contributed by atoms with Gasteiger partial charge in [0.1, 0.15) is 0 Å². The molecular formula is C50H50. The summed E-state index contributed by atoms with van der Waals surface area (Å²) in [7, 11) is 0. The maximum Gasteiger partial charge on any atom is -0.00197 e. The second-order valence-corrected chi connectivity index (χ2v) is 19.6. The summed E-state index contributed by atoms with van der Waals surface area (Å²) in [5, 5.41) is 21.9. The molecule has 0 saturated heterocycles. The molecule has 0 heterocycles. The Kier molecular flexibility index (Phi) is 6.10. The van der Waals surface area contributed by atoms with Crippen molar-refractivity contribution < 1.29 is 0 Å². The Morgan fingerprint density at radius 2 is 0.560 bits per heavy atom. The van der Waals surface area contributed by atoms with Crippen molar-refractivity contribution in [3.63, 3.8) is 0 Å². The molecule has 0 unspecified atom stereocenters. The maximum atomic E-state index is 2.51. The Balaban J connectivity index is 1.44. The van der Waals surface area contributed by atoms with Crippen LogP contribution in [0.15, 0.2) is 84.9 Å². The number of benzene rings is 7. The third-order valence-corrected chi connectivity index (χ3v) is 11.8. The van der Waals surface area contributed by atoms with Gasteiger partial charge in [-0.1, -0.05) is 113 Å². The van der Waals surface area contributed by atoms with Gasteiger partial charge < -0.3 is 0 Å². The van der Waals surface area contributed by atoms with E-state index in [1.54, 1.807) is 0 Å². The van der Waals surface area contributed by atoms with E-state index < -0.39 is 0 Å². The van der Waals surface area contributed by atoms with E-state index in [0.29, 0.717) is 0 Å². The Morgan fingerprint density at radius 1 is 0.240 bits per heavy atom. The van der Waals surface area contributed by atoms with Crippen LogP contribution in [0.3, 0.4) is 0 Å². The zero-order chi connectivity index (χ0) is 35.4. The summed E-state index contributed by atoms with van der Waals surface area (Å²) >= 11 is 0. The molecule has 0 aliphatic rings. The van der Waals surface area contributed by atoms with Crippen molar-refractivity contribution in [2.45, 2.75) is 105 Å². The minimum atomic E-state index is 0.0416. The van der Waals surface area contributed by atoms with Crippen molar-refractivity contribution >= 4 is 86.2 Å². The van der Waals surface area contributed by atoms with Gasteiger partial charge in [0.2, 0.25) is 0 Å². The summed E-state index contributed by atoms with van der Waals surface area (Å²) in [6.07, 6.45) is 0. The first-order chi connectivity index (χ1) is 23.3. The number of hydrogen-bond acceptors (Lipinski definition) is 0. The minimum Gasteiger partial charge on any atom is -0.0578 e. The van der Waals surface area contributed by atoms with Gasteiger partial charge in [0, 0.05) is 0 Å². The second-order valence-electron chi connectivity index (χ2n) is 19.6. The summed E-state index contributed by atoms with van der Waals surface area (Å²) in [6.45, 7) is 28.0. The average molecular weight is 651 g/mol. The normalized spacial score (nSPS) is 14.0. The molecule has 0 radical (unpaired) electrons. The molecule has 0 spiro atoms. The van der Waals surface area contributed by atoms with Crippen LogP contribution in [0.25, 0.3) is 86.2 Å². The van der Waals surface area contributed by atoms with Crippen LogP contribution in [0.5, 0.6) is 0 Å². The molecule has 0 N–H and O–H groups in total. The van der Waals surface area contributed by atoms with Gasteiger partial charge in [0.05, 0.1) is 0 Å². The van der Waals surface area contributed by atoms with Crippen molar-refractivity contribution in [2.75, 3.05) is 0 Å². The van der Waals surface area contributed by atoms with E-state index in [1.165, 1.54) is 108 Å². The second kappa shape index (κ2) is 9.67. The molecule has 50 heavy (non-hydrogen) atoms. The zero-order valence-corrected chi connectivity index (χ0v) is 32.1. The predicted molar refractivity (Wildman–Crippen MR) is 224 cm³/mol. The van der Waals surface area contributed by atoms with Gasteiger partial charge in [-0.15, -0.1) is 0 Å². The molecule has 0 aliphatic heterocycles. The standard InChI is InChI=1S/C50H50/c1-47(2,3)31-13-14-35-29(15-31)22-40-36-18-27-19-37-38(20-28(27)21-39(36)44-26-34(50(10,11)12)25-41(35)46(40)44)43-24-33(49(7,8)9)17-30-16-32(48(4,5)6)23-42(37)45(30)43/h13-26H,1-12H3. The largest absolute Gasteiger partial charge is 0.0578 e. The Morgan fingerprint density at radius 3 is 0.980 bits per heavy atom. The Labute approximate surface area is 297 Å². The predicted octanol–water partition coefficient (Wildman–Crippen LogP) is 15.0. The van der Waals surface area contributed by atoms with Gasteiger partial charge in [0.15, 0.2) is 0 Å². The first-order valence-electron chi connectivity index (χ1n) is 18.6. The van der Waals surface area contributed by atoms with Crippen LogP contribution >= 0.6 is 0 Å². The van der Waals surface area contributed by atoms with Crippen molar-refractivity contribution in [1.29, 1.82) is 0 Å². The van der Waals surface area contributed by atoms with E-state index in [9.17, 15) is 0 Å². The van der Waals surface area contributed by atoms with Gasteiger partial charge in [-0.25, -0.2) is 0 Å². The SMILES string of the molecule is CC(C)(C)c1ccc2c(c1)cc1c3cc4cc5c(cc4cc3c3cc(C(C)(C)C)cc2c31)c1cc(C(C)(C)C)cc2cc(C(C)(C)C)cc5c21. The van der Waals surface area contributed by atoms with E-state index in [4.69, 9.17) is 0 Å². The van der Waals surface area contributed by atoms with Gasteiger partial charge in [0.25, 0.3) is 0 Å². The zero-order valence-electron chi connectivity index (χ0n) is 32.1. The third-order valence-electron chi connectivity index (χ3n) is 11.8. The van der Waals surface area contributed by atoms with Crippen LogP contribution < -0.4 is 0 Å². The lowest BCUT2D eigenvalue weighted by Gasteiger charge is -2.22. The Hall–Kier alpha value is -4.42. The van der Waals surface area contributed by atoms with Gasteiger partial charge in [-0.2, -0.15) is 0 Å². The molecule has 0 bridgehead atoms.